The van der Waals surface area contributed by atoms with Gasteiger partial charge in [0.05, 0.1) is 0 Å². The van der Waals surface area contributed by atoms with E-state index in [0.717, 1.165) is 0 Å². The Hall–Kier alpha value is -0.950. The van der Waals surface area contributed by atoms with Crippen LogP contribution in [-0.4, -0.2) is 0 Å². The van der Waals surface area contributed by atoms with E-state index in [1.54, 1.807) is 5.41 Å². The van der Waals surface area contributed by atoms with Gasteiger partial charge in [-0.2, -0.15) is 12.6 Å². The molecule has 0 fully saturated rings. The van der Waals surface area contributed by atoms with Gasteiger partial charge in [-0.3, -0.25) is 0 Å². The zero-order valence-electron chi connectivity index (χ0n) is 6.14. The van der Waals surface area contributed by atoms with Crippen LogP contribution < -0.4 is 0 Å². The standard InChI is InChI=1S/C10H10S/c11-9-5-4-8-10-6-2-1-3-7-10/h1-9,11H/b8-4+,9-5-. The van der Waals surface area contributed by atoms with Gasteiger partial charge in [0.15, 0.2) is 0 Å². The second-order valence-electron chi connectivity index (χ2n) is 2.11. The first kappa shape index (κ1) is 8.15. The molecule has 0 aromatic heterocycles. The maximum absolute atomic E-state index is 3.94. The molecule has 0 amide bonds. The normalized spacial score (nSPS) is 11.4. The molecular formula is C10H10S. The van der Waals surface area contributed by atoms with E-state index < -0.39 is 0 Å². The molecule has 0 atom stereocenters. The highest BCUT2D eigenvalue weighted by molar-refractivity contribution is 7.83. The van der Waals surface area contributed by atoms with E-state index in [4.69, 9.17) is 0 Å². The van der Waals surface area contributed by atoms with Crippen LogP contribution >= 0.6 is 12.6 Å². The lowest BCUT2D eigenvalue weighted by molar-refractivity contribution is 1.66. The predicted molar refractivity (Wildman–Crippen MR) is 53.6 cm³/mol. The van der Waals surface area contributed by atoms with Gasteiger partial charge in [0.2, 0.25) is 0 Å². The molecule has 1 aromatic rings. The fourth-order valence-electron chi connectivity index (χ4n) is 0.781. The summed E-state index contributed by atoms with van der Waals surface area (Å²) in [5.41, 5.74) is 1.21. The summed E-state index contributed by atoms with van der Waals surface area (Å²) >= 11 is 3.94. The Morgan fingerprint density at radius 2 is 1.73 bits per heavy atom. The van der Waals surface area contributed by atoms with Gasteiger partial charge in [-0.25, -0.2) is 0 Å². The minimum Gasteiger partial charge on any atom is -0.151 e. The Morgan fingerprint density at radius 1 is 1.00 bits per heavy atom. The quantitative estimate of drug-likeness (QED) is 0.501. The highest BCUT2D eigenvalue weighted by Gasteiger charge is 1.78. The molecule has 0 saturated heterocycles. The van der Waals surface area contributed by atoms with Gasteiger partial charge < -0.3 is 0 Å². The average molecular weight is 162 g/mol. The Kier molecular flexibility index (Phi) is 3.56. The van der Waals surface area contributed by atoms with Gasteiger partial charge in [0.1, 0.15) is 0 Å². The molecule has 1 rings (SSSR count). The number of thiol groups is 1. The lowest BCUT2D eigenvalue weighted by Crippen LogP contribution is -1.66. The lowest BCUT2D eigenvalue weighted by Gasteiger charge is -1.87. The van der Waals surface area contributed by atoms with Crippen LogP contribution in [0.15, 0.2) is 47.9 Å². The number of rotatable bonds is 2. The van der Waals surface area contributed by atoms with E-state index in [9.17, 15) is 0 Å². The second-order valence-corrected chi connectivity index (χ2v) is 2.41. The molecule has 0 heterocycles. The topological polar surface area (TPSA) is 0 Å². The summed E-state index contributed by atoms with van der Waals surface area (Å²) in [6, 6.07) is 10.2. The van der Waals surface area contributed by atoms with Crippen molar-refractivity contribution in [2.24, 2.45) is 0 Å². The zero-order valence-corrected chi connectivity index (χ0v) is 7.04. The molecule has 0 aliphatic carbocycles. The molecular weight excluding hydrogens is 152 g/mol. The third-order valence-corrected chi connectivity index (χ3v) is 1.46. The lowest BCUT2D eigenvalue weighted by atomic mass is 10.2. The first-order valence-corrected chi connectivity index (χ1v) is 3.97. The van der Waals surface area contributed by atoms with Crippen molar-refractivity contribution in [3.8, 4) is 0 Å². The SMILES string of the molecule is S/C=C\C=C\c1ccccc1. The summed E-state index contributed by atoms with van der Waals surface area (Å²) in [6.07, 6.45) is 5.88. The Bertz CT molecular complexity index is 247. The van der Waals surface area contributed by atoms with Gasteiger partial charge >= 0.3 is 0 Å². The summed E-state index contributed by atoms with van der Waals surface area (Å²) in [6.45, 7) is 0. The Balaban J connectivity index is 2.64. The first-order valence-electron chi connectivity index (χ1n) is 3.46. The van der Waals surface area contributed by atoms with E-state index in [-0.39, 0.29) is 0 Å². The van der Waals surface area contributed by atoms with Crippen molar-refractivity contribution in [2.45, 2.75) is 0 Å². The Morgan fingerprint density at radius 3 is 2.36 bits per heavy atom. The van der Waals surface area contributed by atoms with Crippen molar-refractivity contribution in [3.63, 3.8) is 0 Å². The van der Waals surface area contributed by atoms with Crippen molar-refractivity contribution in [1.29, 1.82) is 0 Å². The smallest absolute Gasteiger partial charge is 0.0257 e. The molecule has 0 radical (unpaired) electrons. The molecule has 1 aromatic carbocycles. The maximum atomic E-state index is 3.94. The predicted octanol–water partition coefficient (Wildman–Crippen LogP) is 3.14. The van der Waals surface area contributed by atoms with E-state index in [1.807, 2.05) is 36.4 Å². The van der Waals surface area contributed by atoms with E-state index in [0.29, 0.717) is 0 Å². The summed E-state index contributed by atoms with van der Waals surface area (Å²) in [5, 5.41) is 1.71. The summed E-state index contributed by atoms with van der Waals surface area (Å²) in [5.74, 6) is 0. The summed E-state index contributed by atoms with van der Waals surface area (Å²) in [7, 11) is 0. The van der Waals surface area contributed by atoms with Crippen LogP contribution in [0.25, 0.3) is 6.08 Å². The highest BCUT2D eigenvalue weighted by Crippen LogP contribution is 2.00. The molecule has 0 aliphatic heterocycles. The van der Waals surface area contributed by atoms with Crippen LogP contribution in [0, 0.1) is 0 Å². The average Bonchev–Trinajstić information content (AvgIpc) is 2.07. The second kappa shape index (κ2) is 4.80. The van der Waals surface area contributed by atoms with Gasteiger partial charge in [0.25, 0.3) is 0 Å². The molecule has 0 nitrogen and oxygen atoms in total. The van der Waals surface area contributed by atoms with Crippen LogP contribution in [-0.2, 0) is 0 Å². The molecule has 0 aliphatic rings. The van der Waals surface area contributed by atoms with Crippen LogP contribution in [0.2, 0.25) is 0 Å². The van der Waals surface area contributed by atoms with Crippen LogP contribution in [0.4, 0.5) is 0 Å². The molecule has 0 N–H and O–H groups in total. The molecule has 1 heteroatoms. The largest absolute Gasteiger partial charge is 0.151 e. The number of benzene rings is 1. The van der Waals surface area contributed by atoms with Gasteiger partial charge in [-0.15, -0.1) is 0 Å². The van der Waals surface area contributed by atoms with Crippen LogP contribution in [0.1, 0.15) is 5.56 Å². The van der Waals surface area contributed by atoms with E-state index in [2.05, 4.69) is 24.8 Å². The van der Waals surface area contributed by atoms with Crippen molar-refractivity contribution >= 4 is 18.7 Å². The fraction of sp³-hybridized carbons (Fsp3) is 0. The monoisotopic (exact) mass is 162 g/mol. The minimum absolute atomic E-state index is 1.21. The first-order chi connectivity index (χ1) is 5.43. The highest BCUT2D eigenvalue weighted by atomic mass is 32.1. The van der Waals surface area contributed by atoms with Crippen LogP contribution in [0.3, 0.4) is 0 Å². The molecule has 0 unspecified atom stereocenters. The van der Waals surface area contributed by atoms with Gasteiger partial charge in [-0.05, 0) is 11.0 Å². The number of hydrogen-bond acceptors (Lipinski definition) is 1. The molecule has 11 heavy (non-hydrogen) atoms. The summed E-state index contributed by atoms with van der Waals surface area (Å²) in [4.78, 5) is 0. The number of hydrogen-bond donors (Lipinski definition) is 1. The van der Waals surface area contributed by atoms with Crippen molar-refractivity contribution in [2.75, 3.05) is 0 Å². The van der Waals surface area contributed by atoms with Crippen molar-refractivity contribution in [1.82, 2.24) is 0 Å². The van der Waals surface area contributed by atoms with Gasteiger partial charge in [-0.1, -0.05) is 48.6 Å². The van der Waals surface area contributed by atoms with Gasteiger partial charge in [0, 0.05) is 0 Å². The van der Waals surface area contributed by atoms with Crippen molar-refractivity contribution in [3.05, 3.63) is 53.5 Å². The van der Waals surface area contributed by atoms with E-state index in [1.165, 1.54) is 5.56 Å². The molecule has 0 spiro atoms. The minimum atomic E-state index is 1.21. The van der Waals surface area contributed by atoms with E-state index >= 15 is 0 Å². The fourth-order valence-corrected chi connectivity index (χ4v) is 0.880. The van der Waals surface area contributed by atoms with Crippen LogP contribution in [0.5, 0.6) is 0 Å². The molecule has 56 valence electrons. The molecule has 0 saturated carbocycles. The van der Waals surface area contributed by atoms with Crippen molar-refractivity contribution < 1.29 is 0 Å². The Labute approximate surface area is 72.7 Å². The maximum Gasteiger partial charge on any atom is -0.0257 e. The summed E-state index contributed by atoms with van der Waals surface area (Å²) < 4.78 is 0. The number of allylic oxidation sites excluding steroid dienone is 2. The zero-order chi connectivity index (χ0) is 7.94. The third kappa shape index (κ3) is 3.10. The third-order valence-electron chi connectivity index (χ3n) is 1.29. The molecule has 0 bridgehead atoms.